The number of hydrogen-bond acceptors (Lipinski definition) is 0. The Kier molecular flexibility index (Phi) is 2.64. The third-order valence-corrected chi connectivity index (χ3v) is 4.53. The van der Waals surface area contributed by atoms with E-state index in [0.717, 1.165) is 9.99 Å². The monoisotopic (exact) mass is 321 g/mol. The zero-order valence-corrected chi connectivity index (χ0v) is 12.3. The van der Waals surface area contributed by atoms with Crippen molar-refractivity contribution in [3.63, 3.8) is 0 Å². The van der Waals surface area contributed by atoms with Gasteiger partial charge < -0.3 is 4.98 Å². The molecule has 0 aliphatic heterocycles. The Morgan fingerprint density at radius 2 is 1.45 bits per heavy atom. The van der Waals surface area contributed by atoms with Gasteiger partial charge in [-0.1, -0.05) is 60.7 Å². The second-order valence-electron chi connectivity index (χ2n) is 4.89. The minimum absolute atomic E-state index is 1.12. The van der Waals surface area contributed by atoms with Gasteiger partial charge in [0.05, 0.1) is 5.52 Å². The van der Waals surface area contributed by atoms with Crippen molar-refractivity contribution in [1.82, 2.24) is 4.98 Å². The van der Waals surface area contributed by atoms with Gasteiger partial charge in [-0.15, -0.1) is 0 Å². The molecule has 0 unspecified atom stereocenters. The standard InChI is InChI=1S/C18H12BrN/c19-17-13(12-6-2-1-3-7-12)10-11-15-14-8-4-5-9-16(14)20-18(15)17/h1-11,20H. The highest BCUT2D eigenvalue weighted by atomic mass is 79.9. The average Bonchev–Trinajstić information content (AvgIpc) is 2.88. The van der Waals surface area contributed by atoms with Gasteiger partial charge in [-0.3, -0.25) is 0 Å². The molecule has 1 heterocycles. The van der Waals surface area contributed by atoms with E-state index in [1.165, 1.54) is 27.4 Å². The lowest BCUT2D eigenvalue weighted by atomic mass is 10.0. The Balaban J connectivity index is 2.07. The van der Waals surface area contributed by atoms with Gasteiger partial charge in [0.25, 0.3) is 0 Å². The molecule has 2 heteroatoms. The van der Waals surface area contributed by atoms with Gasteiger partial charge in [0, 0.05) is 20.8 Å². The Hall–Kier alpha value is -2.06. The summed E-state index contributed by atoms with van der Waals surface area (Å²) < 4.78 is 1.12. The van der Waals surface area contributed by atoms with Crippen molar-refractivity contribution >= 4 is 37.7 Å². The van der Waals surface area contributed by atoms with Crippen LogP contribution < -0.4 is 0 Å². The number of nitrogens with one attached hydrogen (secondary N) is 1. The zero-order chi connectivity index (χ0) is 13.5. The van der Waals surface area contributed by atoms with Crippen LogP contribution in [-0.4, -0.2) is 4.98 Å². The number of rotatable bonds is 1. The Morgan fingerprint density at radius 3 is 2.30 bits per heavy atom. The van der Waals surface area contributed by atoms with Gasteiger partial charge in [-0.05, 0) is 33.1 Å². The molecule has 0 amide bonds. The van der Waals surface area contributed by atoms with E-state index in [0.29, 0.717) is 0 Å². The maximum absolute atomic E-state index is 3.77. The molecule has 0 saturated heterocycles. The minimum Gasteiger partial charge on any atom is -0.354 e. The molecule has 20 heavy (non-hydrogen) atoms. The van der Waals surface area contributed by atoms with E-state index >= 15 is 0 Å². The number of aromatic nitrogens is 1. The quantitative estimate of drug-likeness (QED) is 0.459. The largest absolute Gasteiger partial charge is 0.354 e. The third-order valence-electron chi connectivity index (χ3n) is 3.70. The number of benzene rings is 3. The zero-order valence-electron chi connectivity index (χ0n) is 10.7. The van der Waals surface area contributed by atoms with Gasteiger partial charge in [-0.25, -0.2) is 0 Å². The molecule has 0 fully saturated rings. The van der Waals surface area contributed by atoms with E-state index in [2.05, 4.69) is 81.6 Å². The van der Waals surface area contributed by atoms with E-state index in [9.17, 15) is 0 Å². The molecule has 4 aromatic rings. The smallest absolute Gasteiger partial charge is 0.0615 e. The van der Waals surface area contributed by atoms with Gasteiger partial charge in [0.1, 0.15) is 0 Å². The highest BCUT2D eigenvalue weighted by Gasteiger charge is 2.11. The van der Waals surface area contributed by atoms with E-state index in [4.69, 9.17) is 0 Å². The summed E-state index contributed by atoms with van der Waals surface area (Å²) in [5, 5.41) is 2.52. The van der Waals surface area contributed by atoms with E-state index in [1.54, 1.807) is 0 Å². The van der Waals surface area contributed by atoms with Crippen LogP contribution in [0.5, 0.6) is 0 Å². The van der Waals surface area contributed by atoms with E-state index < -0.39 is 0 Å². The number of fused-ring (bicyclic) bond motifs is 3. The van der Waals surface area contributed by atoms with Crippen LogP contribution in [0.2, 0.25) is 0 Å². The first kappa shape index (κ1) is 11.7. The van der Waals surface area contributed by atoms with E-state index in [1.807, 2.05) is 6.07 Å². The summed E-state index contributed by atoms with van der Waals surface area (Å²) in [5.74, 6) is 0. The Morgan fingerprint density at radius 1 is 0.700 bits per heavy atom. The van der Waals surface area contributed by atoms with Crippen molar-refractivity contribution in [2.24, 2.45) is 0 Å². The lowest BCUT2D eigenvalue weighted by Gasteiger charge is -2.05. The predicted octanol–water partition coefficient (Wildman–Crippen LogP) is 5.75. The summed E-state index contributed by atoms with van der Waals surface area (Å²) in [6.45, 7) is 0. The van der Waals surface area contributed by atoms with Crippen LogP contribution >= 0.6 is 15.9 Å². The number of halogens is 1. The minimum atomic E-state index is 1.12. The molecule has 4 rings (SSSR count). The Labute approximate surface area is 125 Å². The highest BCUT2D eigenvalue weighted by molar-refractivity contribution is 9.10. The molecule has 0 aliphatic carbocycles. The fourth-order valence-corrected chi connectivity index (χ4v) is 3.40. The van der Waals surface area contributed by atoms with Crippen molar-refractivity contribution < 1.29 is 0 Å². The topological polar surface area (TPSA) is 15.8 Å². The summed E-state index contributed by atoms with van der Waals surface area (Å²) in [4.78, 5) is 3.51. The number of H-pyrrole nitrogens is 1. The molecule has 0 aliphatic rings. The number of para-hydroxylation sites is 1. The lowest BCUT2D eigenvalue weighted by molar-refractivity contribution is 1.52. The van der Waals surface area contributed by atoms with Crippen molar-refractivity contribution in [3.8, 4) is 11.1 Å². The van der Waals surface area contributed by atoms with Crippen molar-refractivity contribution in [2.75, 3.05) is 0 Å². The van der Waals surface area contributed by atoms with Crippen molar-refractivity contribution in [2.45, 2.75) is 0 Å². The molecule has 0 radical (unpaired) electrons. The van der Waals surface area contributed by atoms with Crippen molar-refractivity contribution in [1.29, 1.82) is 0 Å². The summed E-state index contributed by atoms with van der Waals surface area (Å²) in [6, 6.07) is 23.2. The van der Waals surface area contributed by atoms with Crippen LogP contribution in [0.15, 0.2) is 71.2 Å². The third kappa shape index (κ3) is 1.69. The molecule has 0 atom stereocenters. The predicted molar refractivity (Wildman–Crippen MR) is 88.9 cm³/mol. The molecule has 0 spiro atoms. The molecule has 1 N–H and O–H groups in total. The maximum atomic E-state index is 3.77. The van der Waals surface area contributed by atoms with Crippen LogP contribution in [0.25, 0.3) is 32.9 Å². The van der Waals surface area contributed by atoms with E-state index in [-0.39, 0.29) is 0 Å². The number of aromatic amines is 1. The molecular weight excluding hydrogens is 310 g/mol. The molecule has 0 bridgehead atoms. The van der Waals surface area contributed by atoms with Gasteiger partial charge in [-0.2, -0.15) is 0 Å². The molecule has 96 valence electrons. The van der Waals surface area contributed by atoms with Gasteiger partial charge in [0.2, 0.25) is 0 Å². The molecule has 1 nitrogen and oxygen atoms in total. The summed E-state index contributed by atoms with van der Waals surface area (Å²) in [6.07, 6.45) is 0. The molecule has 1 aromatic heterocycles. The Bertz CT molecular complexity index is 907. The van der Waals surface area contributed by atoms with Gasteiger partial charge in [0.15, 0.2) is 0 Å². The van der Waals surface area contributed by atoms with Crippen LogP contribution in [0.1, 0.15) is 0 Å². The van der Waals surface area contributed by atoms with Crippen molar-refractivity contribution in [3.05, 3.63) is 71.2 Å². The summed E-state index contributed by atoms with van der Waals surface area (Å²) >= 11 is 3.77. The van der Waals surface area contributed by atoms with Gasteiger partial charge >= 0.3 is 0 Å². The maximum Gasteiger partial charge on any atom is 0.0615 e. The van der Waals surface area contributed by atoms with Crippen LogP contribution in [0, 0.1) is 0 Å². The summed E-state index contributed by atoms with van der Waals surface area (Å²) in [5.41, 5.74) is 4.77. The fraction of sp³-hybridized carbons (Fsp3) is 0. The average molecular weight is 322 g/mol. The normalized spacial score (nSPS) is 11.2. The number of hydrogen-bond donors (Lipinski definition) is 1. The first-order valence-electron chi connectivity index (χ1n) is 6.59. The first-order chi connectivity index (χ1) is 9.84. The lowest BCUT2D eigenvalue weighted by Crippen LogP contribution is -1.81. The fourth-order valence-electron chi connectivity index (χ4n) is 2.73. The highest BCUT2D eigenvalue weighted by Crippen LogP contribution is 2.37. The van der Waals surface area contributed by atoms with Crippen LogP contribution in [-0.2, 0) is 0 Å². The second kappa shape index (κ2) is 4.50. The molecule has 0 saturated carbocycles. The van der Waals surface area contributed by atoms with Crippen LogP contribution in [0.4, 0.5) is 0 Å². The first-order valence-corrected chi connectivity index (χ1v) is 7.38. The molecular formula is C18H12BrN. The second-order valence-corrected chi connectivity index (χ2v) is 5.68. The van der Waals surface area contributed by atoms with Crippen LogP contribution in [0.3, 0.4) is 0 Å². The molecule has 3 aromatic carbocycles. The SMILES string of the molecule is Brc1c(-c2ccccc2)ccc2c1[nH]c1ccccc12. The summed E-state index contributed by atoms with van der Waals surface area (Å²) in [7, 11) is 0.